The van der Waals surface area contributed by atoms with Crippen molar-refractivity contribution in [3.05, 3.63) is 92.5 Å². The van der Waals surface area contributed by atoms with Crippen LogP contribution in [0.1, 0.15) is 51.6 Å². The molecule has 1 amide bonds. The van der Waals surface area contributed by atoms with Crippen LogP contribution in [0.5, 0.6) is 17.2 Å². The maximum Gasteiger partial charge on any atom is 0.251 e. The Labute approximate surface area is 331 Å². The first-order chi connectivity index (χ1) is 26.7. The minimum absolute atomic E-state index is 0.121. The number of benzene rings is 3. The lowest BCUT2D eigenvalue weighted by molar-refractivity contribution is 0.00414. The van der Waals surface area contributed by atoms with Crippen LogP contribution in [0.15, 0.2) is 52.1 Å². The fourth-order valence-corrected chi connectivity index (χ4v) is 8.06. The largest absolute Gasteiger partial charge is 0.493 e. The van der Waals surface area contributed by atoms with Crippen LogP contribution in [0, 0.1) is 17.5 Å². The zero-order valence-electron chi connectivity index (χ0n) is 31.2. The van der Waals surface area contributed by atoms with E-state index in [1.807, 2.05) is 10.6 Å². The number of nitrogens with zero attached hydrogens (tertiary/aromatic N) is 2. The standard InChI is InChI=1S/C39H45BrF3N3O8S/c1-48-14-15-53-18-19-54-17-16-52-13-12-44-38(47)24-20-30(42)29(31(43)21-24)23-55-39-45-32-7-5-6-27(35(32)46(39)26-10-8-25(41)9-11-26)28-22-33(49-2)36(50-3)37(51-4)34(28)40/h8-11,20-22,27H,5-7,12-19,23H2,1-4H3,(H,44,47). The number of aryl methyl sites for hydroxylation is 1. The molecule has 1 aliphatic rings. The van der Waals surface area contributed by atoms with Gasteiger partial charge < -0.3 is 38.5 Å². The number of thioether (sulfide) groups is 1. The van der Waals surface area contributed by atoms with E-state index in [1.54, 1.807) is 33.5 Å². The summed E-state index contributed by atoms with van der Waals surface area (Å²) in [5, 5.41) is 3.10. The van der Waals surface area contributed by atoms with E-state index in [0.717, 1.165) is 53.7 Å². The Bertz CT molecular complexity index is 1880. The molecule has 0 fully saturated rings. The van der Waals surface area contributed by atoms with Crippen molar-refractivity contribution in [1.82, 2.24) is 14.9 Å². The second kappa shape index (κ2) is 20.9. The van der Waals surface area contributed by atoms with Crippen molar-refractivity contribution < 1.29 is 51.1 Å². The van der Waals surface area contributed by atoms with Crippen molar-refractivity contribution in [3.63, 3.8) is 0 Å². The number of carbonyl (C=O) groups is 1. The Kier molecular flexibility index (Phi) is 16.1. The van der Waals surface area contributed by atoms with E-state index in [0.29, 0.717) is 78.6 Å². The summed E-state index contributed by atoms with van der Waals surface area (Å²) < 4.78 is 85.8. The van der Waals surface area contributed by atoms with Crippen molar-refractivity contribution in [2.24, 2.45) is 0 Å². The van der Waals surface area contributed by atoms with Gasteiger partial charge in [0.15, 0.2) is 16.7 Å². The molecule has 0 radical (unpaired) electrons. The quantitative estimate of drug-likeness (QED) is 0.0680. The molecule has 0 saturated carbocycles. The van der Waals surface area contributed by atoms with Crippen LogP contribution in [0.2, 0.25) is 0 Å². The minimum Gasteiger partial charge on any atom is -0.493 e. The van der Waals surface area contributed by atoms with Crippen LogP contribution in [0.4, 0.5) is 13.2 Å². The predicted octanol–water partition coefficient (Wildman–Crippen LogP) is 7.26. The van der Waals surface area contributed by atoms with Gasteiger partial charge in [-0.1, -0.05) is 11.8 Å². The number of aromatic nitrogens is 2. The molecule has 11 nitrogen and oxygen atoms in total. The van der Waals surface area contributed by atoms with Gasteiger partial charge in [-0.15, -0.1) is 0 Å². The first-order valence-corrected chi connectivity index (χ1v) is 19.5. The van der Waals surface area contributed by atoms with Crippen molar-refractivity contribution in [1.29, 1.82) is 0 Å². The molecule has 0 aliphatic heterocycles. The summed E-state index contributed by atoms with van der Waals surface area (Å²) in [6.07, 6.45) is 2.25. The number of amides is 1. The molecule has 5 rings (SSSR count). The summed E-state index contributed by atoms with van der Waals surface area (Å²) in [6, 6.07) is 9.95. The van der Waals surface area contributed by atoms with E-state index < -0.39 is 23.4 Å². The second-order valence-corrected chi connectivity index (χ2v) is 14.1. The van der Waals surface area contributed by atoms with Gasteiger partial charge in [-0.05, 0) is 83.2 Å². The first-order valence-electron chi connectivity index (χ1n) is 17.7. The third kappa shape index (κ3) is 10.5. The molecule has 16 heteroatoms. The third-order valence-electron chi connectivity index (χ3n) is 8.91. The second-order valence-electron chi connectivity index (χ2n) is 12.3. The molecule has 0 saturated heterocycles. The molecule has 1 heterocycles. The molecule has 298 valence electrons. The highest BCUT2D eigenvalue weighted by molar-refractivity contribution is 9.10. The molecule has 0 spiro atoms. The summed E-state index contributed by atoms with van der Waals surface area (Å²) >= 11 is 4.89. The number of ether oxygens (including phenoxy) is 7. The molecule has 4 aromatic rings. The zero-order chi connectivity index (χ0) is 39.3. The van der Waals surface area contributed by atoms with Gasteiger partial charge >= 0.3 is 0 Å². The lowest BCUT2D eigenvalue weighted by atomic mass is 9.84. The van der Waals surface area contributed by atoms with Crippen LogP contribution in [-0.2, 0) is 31.1 Å². The Morgan fingerprint density at radius 3 is 2.13 bits per heavy atom. The summed E-state index contributed by atoms with van der Waals surface area (Å²) in [7, 11) is 6.24. The number of carbonyl (C=O) groups excluding carboxylic acids is 1. The van der Waals surface area contributed by atoms with Crippen molar-refractivity contribution in [3.8, 4) is 22.9 Å². The summed E-state index contributed by atoms with van der Waals surface area (Å²) in [5.41, 5.74) is 2.84. The van der Waals surface area contributed by atoms with Crippen LogP contribution >= 0.6 is 27.7 Å². The SMILES string of the molecule is COCCOCCOCCOCCNC(=O)c1cc(F)c(CSc2nc3c(n2-c2ccc(F)cc2)C(c2cc(OC)c(OC)c(OC)c2Br)CCC3)c(F)c1. The number of rotatable bonds is 21. The number of fused-ring (bicyclic) bond motifs is 1. The van der Waals surface area contributed by atoms with Crippen molar-refractivity contribution in [2.75, 3.05) is 81.2 Å². The molecular formula is C39H45BrF3N3O8S. The van der Waals surface area contributed by atoms with E-state index in [1.165, 1.54) is 19.2 Å². The lowest BCUT2D eigenvalue weighted by Gasteiger charge is -2.27. The maximum absolute atomic E-state index is 15.5. The summed E-state index contributed by atoms with van der Waals surface area (Å²) in [6.45, 7) is 2.90. The average molecular weight is 853 g/mol. The highest BCUT2D eigenvalue weighted by atomic mass is 79.9. The van der Waals surface area contributed by atoms with Gasteiger partial charge in [-0.2, -0.15) is 0 Å². The predicted molar refractivity (Wildman–Crippen MR) is 205 cm³/mol. The Morgan fingerprint density at radius 2 is 1.51 bits per heavy atom. The van der Waals surface area contributed by atoms with Crippen LogP contribution in [0.3, 0.4) is 0 Å². The Morgan fingerprint density at radius 1 is 0.873 bits per heavy atom. The van der Waals surface area contributed by atoms with Gasteiger partial charge in [0, 0.05) is 42.1 Å². The molecule has 0 bridgehead atoms. The fraction of sp³-hybridized carbons (Fsp3) is 0.436. The number of methoxy groups -OCH3 is 4. The molecular weight excluding hydrogens is 807 g/mol. The van der Waals surface area contributed by atoms with E-state index in [4.69, 9.17) is 38.1 Å². The number of hydrogen-bond acceptors (Lipinski definition) is 10. The Balaban J connectivity index is 1.30. The van der Waals surface area contributed by atoms with E-state index in [9.17, 15) is 9.18 Å². The molecule has 1 atom stereocenters. The number of hydrogen-bond donors (Lipinski definition) is 1. The van der Waals surface area contributed by atoms with Crippen LogP contribution < -0.4 is 19.5 Å². The van der Waals surface area contributed by atoms with Crippen LogP contribution in [0.25, 0.3) is 5.69 Å². The summed E-state index contributed by atoms with van der Waals surface area (Å²) in [4.78, 5) is 17.7. The van der Waals surface area contributed by atoms with Crippen LogP contribution in [-0.4, -0.2) is 96.7 Å². The molecule has 1 aromatic heterocycles. The minimum atomic E-state index is -0.860. The third-order valence-corrected chi connectivity index (χ3v) is 10.7. The molecule has 1 aliphatic carbocycles. The highest BCUT2D eigenvalue weighted by Crippen LogP contribution is 2.51. The van der Waals surface area contributed by atoms with Crippen molar-refractivity contribution in [2.45, 2.75) is 36.1 Å². The van der Waals surface area contributed by atoms with Gasteiger partial charge in [-0.3, -0.25) is 9.36 Å². The lowest BCUT2D eigenvalue weighted by Crippen LogP contribution is -2.28. The Hall–Kier alpha value is -3.80. The highest BCUT2D eigenvalue weighted by Gasteiger charge is 2.34. The molecule has 55 heavy (non-hydrogen) atoms. The smallest absolute Gasteiger partial charge is 0.251 e. The van der Waals surface area contributed by atoms with E-state index in [-0.39, 0.29) is 35.9 Å². The van der Waals surface area contributed by atoms with Crippen molar-refractivity contribution >= 4 is 33.6 Å². The first kappa shape index (κ1) is 42.3. The normalized spacial score (nSPS) is 13.8. The van der Waals surface area contributed by atoms with Gasteiger partial charge in [0.2, 0.25) is 5.75 Å². The molecule has 3 aromatic carbocycles. The monoisotopic (exact) mass is 851 g/mol. The summed E-state index contributed by atoms with van der Waals surface area (Å²) in [5.74, 6) is -1.69. The number of halogens is 4. The van der Waals surface area contributed by atoms with Gasteiger partial charge in [0.1, 0.15) is 17.5 Å². The average Bonchev–Trinajstić information content (AvgIpc) is 3.56. The van der Waals surface area contributed by atoms with Gasteiger partial charge in [-0.25, -0.2) is 18.2 Å². The molecule has 1 unspecified atom stereocenters. The zero-order valence-corrected chi connectivity index (χ0v) is 33.6. The van der Waals surface area contributed by atoms with E-state index >= 15 is 8.78 Å². The topological polar surface area (TPSA) is 112 Å². The van der Waals surface area contributed by atoms with Gasteiger partial charge in [0.05, 0.1) is 83.4 Å². The maximum atomic E-state index is 15.5. The number of imidazole rings is 1. The van der Waals surface area contributed by atoms with Gasteiger partial charge in [0.25, 0.3) is 5.91 Å². The molecule has 1 N–H and O–H groups in total. The van der Waals surface area contributed by atoms with E-state index in [2.05, 4.69) is 21.2 Å². The number of nitrogens with one attached hydrogen (secondary N) is 1. The fourth-order valence-electron chi connectivity index (χ4n) is 6.27.